The van der Waals surface area contributed by atoms with Gasteiger partial charge in [0.2, 0.25) is 5.95 Å². The predicted octanol–water partition coefficient (Wildman–Crippen LogP) is 4.46. The Kier molecular flexibility index (Phi) is 5.19. The zero-order valence-corrected chi connectivity index (χ0v) is 16.8. The van der Waals surface area contributed by atoms with Crippen molar-refractivity contribution in [2.24, 2.45) is 0 Å². The number of ether oxygens (including phenoxy) is 1. The second-order valence-corrected chi connectivity index (χ2v) is 8.08. The van der Waals surface area contributed by atoms with Crippen molar-refractivity contribution in [3.8, 4) is 22.3 Å². The molecular weight excluding hydrogens is 379 g/mol. The Labute approximate surface area is 175 Å². The molecule has 154 valence electrons. The van der Waals surface area contributed by atoms with Crippen molar-refractivity contribution in [2.45, 2.75) is 31.2 Å². The van der Waals surface area contributed by atoms with Gasteiger partial charge in [-0.2, -0.15) is 4.39 Å². The quantitative estimate of drug-likeness (QED) is 0.628. The highest BCUT2D eigenvalue weighted by molar-refractivity contribution is 5.79. The van der Waals surface area contributed by atoms with E-state index in [1.807, 2.05) is 6.07 Å². The fourth-order valence-corrected chi connectivity index (χ4v) is 4.59. The molecule has 0 amide bonds. The minimum absolute atomic E-state index is 0.371. The first-order valence-electron chi connectivity index (χ1n) is 10.5. The first-order valence-corrected chi connectivity index (χ1v) is 10.5. The Balaban J connectivity index is 1.57. The van der Waals surface area contributed by atoms with Crippen LogP contribution in [0.25, 0.3) is 22.3 Å². The molecule has 1 aromatic carbocycles. The molecule has 0 bridgehead atoms. The summed E-state index contributed by atoms with van der Waals surface area (Å²) < 4.78 is 19.3. The van der Waals surface area contributed by atoms with Crippen molar-refractivity contribution in [2.75, 3.05) is 25.5 Å². The maximum absolute atomic E-state index is 13.6. The molecule has 0 unspecified atom stereocenters. The maximum atomic E-state index is 13.6. The fourth-order valence-electron chi connectivity index (χ4n) is 4.59. The Morgan fingerprint density at radius 3 is 2.70 bits per heavy atom. The zero-order valence-electron chi connectivity index (χ0n) is 16.8. The number of hydrogen-bond donors (Lipinski definition) is 2. The van der Waals surface area contributed by atoms with E-state index in [9.17, 15) is 4.39 Å². The first-order chi connectivity index (χ1) is 14.7. The van der Waals surface area contributed by atoms with Crippen molar-refractivity contribution < 1.29 is 9.13 Å². The second kappa shape index (κ2) is 8.13. The van der Waals surface area contributed by atoms with Crippen molar-refractivity contribution in [1.29, 1.82) is 0 Å². The maximum Gasteiger partial charge on any atom is 0.213 e. The molecular formula is C24H25FN4O. The lowest BCUT2D eigenvalue weighted by atomic mass is 9.87. The molecule has 4 heterocycles. The van der Waals surface area contributed by atoms with E-state index in [-0.39, 0.29) is 0 Å². The molecule has 2 aliphatic rings. The average Bonchev–Trinajstić information content (AvgIpc) is 3.48. The highest BCUT2D eigenvalue weighted by atomic mass is 19.1. The van der Waals surface area contributed by atoms with Gasteiger partial charge in [0.1, 0.15) is 5.82 Å². The van der Waals surface area contributed by atoms with Gasteiger partial charge in [0.15, 0.2) is 0 Å². The molecule has 5 nitrogen and oxygen atoms in total. The van der Waals surface area contributed by atoms with E-state index in [2.05, 4.69) is 33.5 Å². The van der Waals surface area contributed by atoms with Gasteiger partial charge in [-0.05, 0) is 66.3 Å². The van der Waals surface area contributed by atoms with E-state index >= 15 is 0 Å². The smallest absolute Gasteiger partial charge is 0.213 e. The van der Waals surface area contributed by atoms with Gasteiger partial charge in [0.25, 0.3) is 0 Å². The average molecular weight is 404 g/mol. The summed E-state index contributed by atoms with van der Waals surface area (Å²) in [6, 6.07) is 12.2. The molecule has 0 radical (unpaired) electrons. The number of halogens is 1. The molecule has 2 aromatic heterocycles. The lowest BCUT2D eigenvalue weighted by Gasteiger charge is -2.21. The van der Waals surface area contributed by atoms with Crippen LogP contribution in [0.1, 0.15) is 42.3 Å². The standard InChI is InChI=1S/C24H25FN4O/c25-23-12-16(5-8-28-23)20-11-18(13-29-24(20)26)15-3-4-19(17-6-9-30-14-17)21(10-15)22-2-1-7-27-22/h3-5,8,10-13,17,22,27H,1-2,6-7,9,14H2,(H2,26,29)/t17-,22-/m0/s1. The van der Waals surface area contributed by atoms with E-state index in [1.54, 1.807) is 12.3 Å². The fraction of sp³-hybridized carbons (Fsp3) is 0.333. The minimum Gasteiger partial charge on any atom is -0.383 e. The molecule has 0 spiro atoms. The Morgan fingerprint density at radius 2 is 1.93 bits per heavy atom. The monoisotopic (exact) mass is 404 g/mol. The van der Waals surface area contributed by atoms with Crippen LogP contribution < -0.4 is 11.1 Å². The molecule has 0 aliphatic carbocycles. The third kappa shape index (κ3) is 3.68. The van der Waals surface area contributed by atoms with Crippen LogP contribution in [0.5, 0.6) is 0 Å². The van der Waals surface area contributed by atoms with Gasteiger partial charge in [0.05, 0.1) is 6.61 Å². The van der Waals surface area contributed by atoms with Crippen LogP contribution in [0.2, 0.25) is 0 Å². The lowest BCUT2D eigenvalue weighted by molar-refractivity contribution is 0.193. The SMILES string of the molecule is Nc1ncc(-c2ccc([C@H]3CCOC3)c([C@@H]3CCCN3)c2)cc1-c1ccnc(F)c1. The first kappa shape index (κ1) is 19.2. The summed E-state index contributed by atoms with van der Waals surface area (Å²) in [4.78, 5) is 8.02. The van der Waals surface area contributed by atoms with E-state index in [0.29, 0.717) is 28.9 Å². The number of nitrogens with one attached hydrogen (secondary N) is 1. The summed E-state index contributed by atoms with van der Waals surface area (Å²) in [6.45, 7) is 2.68. The number of nitrogen functional groups attached to an aromatic ring is 1. The molecule has 2 atom stereocenters. The Morgan fingerprint density at radius 1 is 1.00 bits per heavy atom. The van der Waals surface area contributed by atoms with E-state index in [0.717, 1.165) is 43.7 Å². The predicted molar refractivity (Wildman–Crippen MR) is 115 cm³/mol. The molecule has 2 saturated heterocycles. The number of benzene rings is 1. The van der Waals surface area contributed by atoms with Gasteiger partial charge in [-0.25, -0.2) is 9.97 Å². The van der Waals surface area contributed by atoms with Crippen LogP contribution in [0.3, 0.4) is 0 Å². The van der Waals surface area contributed by atoms with Crippen molar-refractivity contribution in [3.05, 3.63) is 65.9 Å². The summed E-state index contributed by atoms with van der Waals surface area (Å²) in [6.07, 6.45) is 6.64. The van der Waals surface area contributed by atoms with Gasteiger partial charge in [-0.3, -0.25) is 0 Å². The Bertz CT molecular complexity index is 1060. The number of rotatable bonds is 4. The summed E-state index contributed by atoms with van der Waals surface area (Å²) in [5, 5.41) is 3.64. The van der Waals surface area contributed by atoms with Crippen molar-refractivity contribution in [1.82, 2.24) is 15.3 Å². The third-order valence-corrected chi connectivity index (χ3v) is 6.18. The highest BCUT2D eigenvalue weighted by Crippen LogP contribution is 2.37. The van der Waals surface area contributed by atoms with Crippen LogP contribution in [-0.4, -0.2) is 29.7 Å². The molecule has 5 rings (SSSR count). The number of pyridine rings is 2. The van der Waals surface area contributed by atoms with Crippen LogP contribution in [0.4, 0.5) is 10.2 Å². The third-order valence-electron chi connectivity index (χ3n) is 6.18. The number of nitrogens with two attached hydrogens (primary N) is 1. The van der Waals surface area contributed by atoms with Gasteiger partial charge < -0.3 is 15.8 Å². The van der Waals surface area contributed by atoms with Crippen molar-refractivity contribution in [3.63, 3.8) is 0 Å². The number of anilines is 1. The van der Waals surface area contributed by atoms with Gasteiger partial charge in [0, 0.05) is 48.2 Å². The molecule has 3 N–H and O–H groups in total. The second-order valence-electron chi connectivity index (χ2n) is 8.08. The zero-order chi connectivity index (χ0) is 20.5. The van der Waals surface area contributed by atoms with Crippen molar-refractivity contribution >= 4 is 5.82 Å². The molecule has 2 fully saturated rings. The van der Waals surface area contributed by atoms with Crippen LogP contribution in [-0.2, 0) is 4.74 Å². The number of aromatic nitrogens is 2. The van der Waals surface area contributed by atoms with Gasteiger partial charge in [-0.1, -0.05) is 12.1 Å². The minimum atomic E-state index is -0.532. The summed E-state index contributed by atoms with van der Waals surface area (Å²) >= 11 is 0. The molecule has 0 saturated carbocycles. The molecule has 6 heteroatoms. The topological polar surface area (TPSA) is 73.1 Å². The lowest BCUT2D eigenvalue weighted by Crippen LogP contribution is -2.16. The van der Waals surface area contributed by atoms with Gasteiger partial charge in [-0.15, -0.1) is 0 Å². The molecule has 2 aliphatic heterocycles. The summed E-state index contributed by atoms with van der Waals surface area (Å²) in [5.41, 5.74) is 12.3. The normalized spacial score (nSPS) is 21.2. The molecule has 3 aromatic rings. The van der Waals surface area contributed by atoms with Crippen LogP contribution in [0, 0.1) is 5.95 Å². The summed E-state index contributed by atoms with van der Waals surface area (Å²) in [5.74, 6) is 0.299. The van der Waals surface area contributed by atoms with Crippen LogP contribution in [0.15, 0.2) is 48.8 Å². The van der Waals surface area contributed by atoms with E-state index in [1.165, 1.54) is 29.8 Å². The number of nitrogens with zero attached hydrogens (tertiary/aromatic N) is 2. The Hall–Kier alpha value is -2.83. The van der Waals surface area contributed by atoms with Crippen LogP contribution >= 0.6 is 0 Å². The summed E-state index contributed by atoms with van der Waals surface area (Å²) in [7, 11) is 0. The van der Waals surface area contributed by atoms with Gasteiger partial charge >= 0.3 is 0 Å². The van der Waals surface area contributed by atoms with E-state index in [4.69, 9.17) is 10.5 Å². The van der Waals surface area contributed by atoms with E-state index < -0.39 is 5.95 Å². The highest BCUT2D eigenvalue weighted by Gasteiger charge is 2.26. The largest absolute Gasteiger partial charge is 0.383 e. The number of hydrogen-bond acceptors (Lipinski definition) is 5. The molecule has 30 heavy (non-hydrogen) atoms.